The molecule has 2 fully saturated rings. The molecule has 11 heteroatoms. The second-order valence-corrected chi connectivity index (χ2v) is 10.9. The van der Waals surface area contributed by atoms with Crippen molar-refractivity contribution in [3.05, 3.63) is 87.8 Å². The third-order valence-electron chi connectivity index (χ3n) is 6.61. The van der Waals surface area contributed by atoms with Crippen LogP contribution in [0.2, 0.25) is 5.02 Å². The van der Waals surface area contributed by atoms with Crippen molar-refractivity contribution in [2.45, 2.75) is 13.5 Å². The summed E-state index contributed by atoms with van der Waals surface area (Å²) in [4.78, 5) is 42.1. The number of para-hydroxylation sites is 2. The highest BCUT2D eigenvalue weighted by Crippen LogP contribution is 2.35. The van der Waals surface area contributed by atoms with Crippen molar-refractivity contribution in [3.8, 4) is 11.5 Å². The van der Waals surface area contributed by atoms with Gasteiger partial charge in [0.15, 0.2) is 11.5 Å². The van der Waals surface area contributed by atoms with E-state index in [1.807, 2.05) is 43.3 Å². The van der Waals surface area contributed by atoms with Crippen LogP contribution in [0.3, 0.4) is 0 Å². The number of carbonyl (C=O) groups is 3. The SMILES string of the molecule is CCOc1cc(/C=C2/SC(=O)N(CC(=O)Nc3ccccc3N3CCOCC3)C2=O)ccc1OCc1ccccc1Cl. The first kappa shape index (κ1) is 29.5. The van der Waals surface area contributed by atoms with Crippen LogP contribution in [-0.4, -0.2) is 61.4 Å². The first-order chi connectivity index (χ1) is 20.4. The van der Waals surface area contributed by atoms with E-state index in [2.05, 4.69) is 10.2 Å². The van der Waals surface area contributed by atoms with Crippen molar-refractivity contribution in [2.75, 3.05) is 49.7 Å². The Labute approximate surface area is 253 Å². The Morgan fingerprint density at radius 3 is 2.57 bits per heavy atom. The molecule has 2 aliphatic rings. The van der Waals surface area contributed by atoms with Crippen LogP contribution < -0.4 is 19.7 Å². The van der Waals surface area contributed by atoms with Gasteiger partial charge in [-0.2, -0.15) is 0 Å². The lowest BCUT2D eigenvalue weighted by Crippen LogP contribution is -2.38. The molecule has 0 unspecified atom stereocenters. The van der Waals surface area contributed by atoms with Crippen LogP contribution in [0.1, 0.15) is 18.1 Å². The molecule has 0 atom stereocenters. The molecule has 2 heterocycles. The summed E-state index contributed by atoms with van der Waals surface area (Å²) in [6.07, 6.45) is 1.61. The van der Waals surface area contributed by atoms with Crippen LogP contribution in [0.4, 0.5) is 16.2 Å². The molecule has 2 saturated heterocycles. The average Bonchev–Trinajstić information content (AvgIpc) is 3.25. The average molecular weight is 608 g/mol. The monoisotopic (exact) mass is 607 g/mol. The smallest absolute Gasteiger partial charge is 0.294 e. The molecule has 0 aliphatic carbocycles. The second kappa shape index (κ2) is 13.8. The third-order valence-corrected chi connectivity index (χ3v) is 7.89. The number of ether oxygens (including phenoxy) is 3. The minimum atomic E-state index is -0.529. The summed E-state index contributed by atoms with van der Waals surface area (Å²) in [6.45, 7) is 4.77. The van der Waals surface area contributed by atoms with Crippen LogP contribution in [0, 0.1) is 0 Å². The molecule has 42 heavy (non-hydrogen) atoms. The lowest BCUT2D eigenvalue weighted by molar-refractivity contribution is -0.127. The van der Waals surface area contributed by atoms with E-state index in [4.69, 9.17) is 25.8 Å². The first-order valence-corrected chi connectivity index (χ1v) is 14.7. The molecule has 9 nitrogen and oxygen atoms in total. The zero-order chi connectivity index (χ0) is 29.5. The molecule has 0 saturated carbocycles. The number of thioether (sulfide) groups is 1. The maximum atomic E-state index is 13.1. The fourth-order valence-corrected chi connectivity index (χ4v) is 5.58. The van der Waals surface area contributed by atoms with Crippen LogP contribution in [0.25, 0.3) is 6.08 Å². The van der Waals surface area contributed by atoms with E-state index in [-0.39, 0.29) is 11.5 Å². The lowest BCUT2D eigenvalue weighted by atomic mass is 10.1. The highest BCUT2D eigenvalue weighted by molar-refractivity contribution is 8.18. The fourth-order valence-electron chi connectivity index (χ4n) is 4.55. The van der Waals surface area contributed by atoms with Crippen molar-refractivity contribution in [2.24, 2.45) is 0 Å². The van der Waals surface area contributed by atoms with Gasteiger partial charge >= 0.3 is 0 Å². The highest BCUT2D eigenvalue weighted by Gasteiger charge is 2.36. The number of carbonyl (C=O) groups excluding carboxylic acids is 3. The van der Waals surface area contributed by atoms with Gasteiger partial charge in [0.2, 0.25) is 5.91 Å². The van der Waals surface area contributed by atoms with Gasteiger partial charge in [-0.05, 0) is 60.7 Å². The minimum absolute atomic E-state index is 0.216. The number of nitrogens with one attached hydrogen (secondary N) is 1. The van der Waals surface area contributed by atoms with Crippen molar-refractivity contribution in [1.82, 2.24) is 4.90 Å². The maximum absolute atomic E-state index is 13.1. The number of halogens is 1. The molecule has 0 spiro atoms. The van der Waals surface area contributed by atoms with Gasteiger partial charge < -0.3 is 24.4 Å². The summed E-state index contributed by atoms with van der Waals surface area (Å²) in [5.74, 6) is 0.0310. The van der Waals surface area contributed by atoms with E-state index in [1.54, 1.807) is 36.4 Å². The van der Waals surface area contributed by atoms with Crippen LogP contribution in [0.5, 0.6) is 11.5 Å². The minimum Gasteiger partial charge on any atom is -0.490 e. The first-order valence-electron chi connectivity index (χ1n) is 13.5. The molecule has 3 aromatic rings. The Hall–Kier alpha value is -3.99. The van der Waals surface area contributed by atoms with Gasteiger partial charge in [-0.3, -0.25) is 19.3 Å². The molecular formula is C31H30ClN3O6S. The van der Waals surface area contributed by atoms with Crippen LogP contribution >= 0.6 is 23.4 Å². The summed E-state index contributed by atoms with van der Waals surface area (Å²) in [7, 11) is 0. The number of anilines is 2. The zero-order valence-corrected chi connectivity index (χ0v) is 24.6. The Morgan fingerprint density at radius 2 is 1.79 bits per heavy atom. The predicted octanol–water partition coefficient (Wildman–Crippen LogP) is 5.83. The Balaban J connectivity index is 1.25. The van der Waals surface area contributed by atoms with E-state index >= 15 is 0 Å². The molecular weight excluding hydrogens is 578 g/mol. The van der Waals surface area contributed by atoms with E-state index in [1.165, 1.54) is 0 Å². The van der Waals surface area contributed by atoms with Gasteiger partial charge in [-0.1, -0.05) is 48.0 Å². The number of imide groups is 1. The standard InChI is InChI=1S/C31H30ClN3O6S/c1-2-40-27-17-21(11-12-26(27)41-20-22-7-3-4-8-23(22)32)18-28-30(37)35(31(38)42-28)19-29(36)33-24-9-5-6-10-25(24)34-13-15-39-16-14-34/h3-12,17-18H,2,13-16,19-20H2,1H3,(H,33,36)/b28-18+. The van der Waals surface area contributed by atoms with E-state index < -0.39 is 23.6 Å². The zero-order valence-electron chi connectivity index (χ0n) is 23.0. The summed E-state index contributed by atoms with van der Waals surface area (Å²) in [6, 6.07) is 20.1. The lowest BCUT2D eigenvalue weighted by Gasteiger charge is -2.30. The Bertz CT molecular complexity index is 1510. The molecule has 3 aromatic carbocycles. The van der Waals surface area contributed by atoms with Gasteiger partial charge in [0.1, 0.15) is 13.2 Å². The van der Waals surface area contributed by atoms with Gasteiger partial charge in [-0.25, -0.2) is 0 Å². The summed E-state index contributed by atoms with van der Waals surface area (Å²) in [5, 5.41) is 2.96. The molecule has 1 N–H and O–H groups in total. The van der Waals surface area contributed by atoms with E-state index in [0.717, 1.165) is 27.9 Å². The molecule has 0 bridgehead atoms. The predicted molar refractivity (Wildman–Crippen MR) is 164 cm³/mol. The largest absolute Gasteiger partial charge is 0.490 e. The number of amides is 3. The van der Waals surface area contributed by atoms with Crippen molar-refractivity contribution in [1.29, 1.82) is 0 Å². The van der Waals surface area contributed by atoms with Gasteiger partial charge in [0.05, 0.1) is 36.1 Å². The Morgan fingerprint density at radius 1 is 1.02 bits per heavy atom. The Kier molecular flexibility index (Phi) is 9.68. The highest BCUT2D eigenvalue weighted by atomic mass is 35.5. The third kappa shape index (κ3) is 7.07. The molecule has 0 radical (unpaired) electrons. The molecule has 3 amide bonds. The van der Waals surface area contributed by atoms with Crippen molar-refractivity contribution < 1.29 is 28.6 Å². The normalized spacial score (nSPS) is 16.2. The summed E-state index contributed by atoms with van der Waals surface area (Å²) < 4.78 is 17.2. The van der Waals surface area contributed by atoms with Gasteiger partial charge in [-0.15, -0.1) is 0 Å². The van der Waals surface area contributed by atoms with E-state index in [0.29, 0.717) is 60.7 Å². The fraction of sp³-hybridized carbons (Fsp3) is 0.258. The van der Waals surface area contributed by atoms with Crippen molar-refractivity contribution in [3.63, 3.8) is 0 Å². The summed E-state index contributed by atoms with van der Waals surface area (Å²) in [5.41, 5.74) is 2.98. The molecule has 0 aromatic heterocycles. The number of nitrogens with zero attached hydrogens (tertiary/aromatic N) is 2. The van der Waals surface area contributed by atoms with Gasteiger partial charge in [0.25, 0.3) is 11.1 Å². The second-order valence-electron chi connectivity index (χ2n) is 9.45. The number of hydrogen-bond donors (Lipinski definition) is 1. The molecule has 218 valence electrons. The quantitative estimate of drug-likeness (QED) is 0.288. The molecule has 2 aliphatic heterocycles. The van der Waals surface area contributed by atoms with Crippen LogP contribution in [-0.2, 0) is 20.9 Å². The molecule has 5 rings (SSSR count). The van der Waals surface area contributed by atoms with Crippen molar-refractivity contribution >= 4 is 57.9 Å². The topological polar surface area (TPSA) is 97.4 Å². The maximum Gasteiger partial charge on any atom is 0.294 e. The number of benzene rings is 3. The van der Waals surface area contributed by atoms with E-state index in [9.17, 15) is 14.4 Å². The summed E-state index contributed by atoms with van der Waals surface area (Å²) >= 11 is 7.04. The number of hydrogen-bond acceptors (Lipinski definition) is 8. The van der Waals surface area contributed by atoms with Gasteiger partial charge in [0, 0.05) is 23.7 Å². The van der Waals surface area contributed by atoms with Crippen LogP contribution in [0.15, 0.2) is 71.6 Å². The number of rotatable bonds is 10. The number of morpholine rings is 1.